The average molecular weight is 590 g/mol. The van der Waals surface area contributed by atoms with Gasteiger partial charge in [-0.2, -0.15) is 13.2 Å². The van der Waals surface area contributed by atoms with Crippen molar-refractivity contribution >= 4 is 50.7 Å². The molecule has 3 aromatic carbocycles. The van der Waals surface area contributed by atoms with Crippen molar-refractivity contribution < 1.29 is 35.9 Å². The van der Waals surface area contributed by atoms with Crippen LogP contribution in [0.3, 0.4) is 0 Å². The Hall–Kier alpha value is -3.48. The molecule has 0 aliphatic carbocycles. The highest BCUT2D eigenvalue weighted by molar-refractivity contribution is 7.92. The van der Waals surface area contributed by atoms with Gasteiger partial charge in [-0.3, -0.25) is 25.2 Å². The van der Waals surface area contributed by atoms with Gasteiger partial charge in [-0.05, 0) is 54.4 Å². The molecule has 0 aliphatic heterocycles. The van der Waals surface area contributed by atoms with Gasteiger partial charge >= 0.3 is 6.18 Å². The van der Waals surface area contributed by atoms with Crippen molar-refractivity contribution in [1.29, 1.82) is 0 Å². The molecule has 0 heterocycles. The minimum absolute atomic E-state index is 0.243. The molecule has 0 aromatic heterocycles. The first-order valence-corrected chi connectivity index (χ1v) is 13.0. The van der Waals surface area contributed by atoms with Gasteiger partial charge in [0.1, 0.15) is 10.6 Å². The predicted molar refractivity (Wildman–Crippen MR) is 136 cm³/mol. The van der Waals surface area contributed by atoms with E-state index in [1.54, 1.807) is 12.1 Å². The number of ether oxygens (including phenoxy) is 1. The van der Waals surface area contributed by atoms with Crippen LogP contribution in [0.15, 0.2) is 65.6 Å². The number of carbonyl (C=O) groups is 2. The Bertz CT molecular complexity index is 1450. The lowest BCUT2D eigenvalue weighted by Gasteiger charge is -2.14. The van der Waals surface area contributed by atoms with Crippen molar-refractivity contribution in [3.8, 4) is 5.75 Å². The number of alkyl halides is 3. The van der Waals surface area contributed by atoms with Crippen LogP contribution in [-0.2, 0) is 27.4 Å². The summed E-state index contributed by atoms with van der Waals surface area (Å²) in [5.41, 5.74) is 3.44. The standard InChI is InChI=1S/C24H20Cl2F3N3O5S/c1-2-14-6-8-17(9-7-14)37-13-22(33)30-31-23(34)18-11-21(20(26)12-19(18)25)38(35,36)32-16-5-3-4-15(10-16)24(27,28)29/h3-12,32H,2,13H2,1H3,(H,30,33)(H,31,34). The zero-order valence-electron chi connectivity index (χ0n) is 19.5. The number of anilines is 1. The molecule has 0 unspecified atom stereocenters. The molecule has 0 bridgehead atoms. The number of hydrazine groups is 1. The lowest BCUT2D eigenvalue weighted by Crippen LogP contribution is -2.44. The van der Waals surface area contributed by atoms with E-state index in [-0.39, 0.29) is 16.3 Å². The van der Waals surface area contributed by atoms with Gasteiger partial charge in [0.25, 0.3) is 21.8 Å². The van der Waals surface area contributed by atoms with Crippen LogP contribution in [0.4, 0.5) is 18.9 Å². The summed E-state index contributed by atoms with van der Waals surface area (Å²) in [5, 5.41) is -0.635. The topological polar surface area (TPSA) is 114 Å². The summed E-state index contributed by atoms with van der Waals surface area (Å²) in [6, 6.07) is 12.4. The number of nitrogens with one attached hydrogen (secondary N) is 3. The molecule has 0 radical (unpaired) electrons. The van der Waals surface area contributed by atoms with Crippen LogP contribution < -0.4 is 20.3 Å². The van der Waals surface area contributed by atoms with E-state index in [2.05, 4.69) is 10.9 Å². The fourth-order valence-electron chi connectivity index (χ4n) is 3.08. The lowest BCUT2D eigenvalue weighted by molar-refractivity contribution is -0.137. The highest BCUT2D eigenvalue weighted by Gasteiger charge is 2.31. The first kappa shape index (κ1) is 29.1. The highest BCUT2D eigenvalue weighted by atomic mass is 35.5. The van der Waals surface area contributed by atoms with Gasteiger partial charge < -0.3 is 4.74 Å². The van der Waals surface area contributed by atoms with E-state index >= 15 is 0 Å². The summed E-state index contributed by atoms with van der Waals surface area (Å²) >= 11 is 12.0. The summed E-state index contributed by atoms with van der Waals surface area (Å²) in [6.45, 7) is 1.56. The molecule has 0 atom stereocenters. The molecular formula is C24H20Cl2F3N3O5S. The number of amides is 2. The van der Waals surface area contributed by atoms with Crippen LogP contribution in [0.1, 0.15) is 28.4 Å². The predicted octanol–water partition coefficient (Wildman–Crippen LogP) is 5.22. The maximum Gasteiger partial charge on any atom is 0.416 e. The van der Waals surface area contributed by atoms with Crippen molar-refractivity contribution in [3.63, 3.8) is 0 Å². The molecule has 3 rings (SSSR count). The number of rotatable bonds is 8. The monoisotopic (exact) mass is 589 g/mol. The first-order valence-electron chi connectivity index (χ1n) is 10.8. The number of benzene rings is 3. The van der Waals surface area contributed by atoms with Gasteiger partial charge in [-0.15, -0.1) is 0 Å². The minimum Gasteiger partial charge on any atom is -0.484 e. The third-order valence-electron chi connectivity index (χ3n) is 5.01. The maximum atomic E-state index is 13.0. The van der Waals surface area contributed by atoms with E-state index in [9.17, 15) is 31.2 Å². The zero-order valence-corrected chi connectivity index (χ0v) is 21.9. The number of carbonyl (C=O) groups excluding carboxylic acids is 2. The quantitative estimate of drug-likeness (QED) is 0.312. The molecule has 3 N–H and O–H groups in total. The minimum atomic E-state index is -4.69. The van der Waals surface area contributed by atoms with Crippen molar-refractivity contribution in [1.82, 2.24) is 10.9 Å². The fraction of sp³-hybridized carbons (Fsp3) is 0.167. The average Bonchev–Trinajstić information content (AvgIpc) is 2.85. The van der Waals surface area contributed by atoms with E-state index in [1.807, 2.05) is 23.8 Å². The number of aryl methyl sites for hydroxylation is 1. The molecule has 0 aliphatic rings. The Morgan fingerprint density at radius 3 is 2.26 bits per heavy atom. The van der Waals surface area contributed by atoms with Crippen LogP contribution in [0.25, 0.3) is 0 Å². The summed E-state index contributed by atoms with van der Waals surface area (Å²) < 4.78 is 71.9. The van der Waals surface area contributed by atoms with Crippen molar-refractivity contribution in [2.24, 2.45) is 0 Å². The molecule has 0 fully saturated rings. The number of hydrogen-bond acceptors (Lipinski definition) is 5. The van der Waals surface area contributed by atoms with Gasteiger partial charge in [-0.25, -0.2) is 8.42 Å². The van der Waals surface area contributed by atoms with Crippen LogP contribution in [0.2, 0.25) is 10.0 Å². The van der Waals surface area contributed by atoms with Crippen molar-refractivity contribution in [3.05, 3.63) is 87.4 Å². The molecule has 2 amide bonds. The van der Waals surface area contributed by atoms with Crippen LogP contribution in [0, 0.1) is 0 Å². The fourth-order valence-corrected chi connectivity index (χ4v) is 4.99. The van der Waals surface area contributed by atoms with E-state index in [1.165, 1.54) is 0 Å². The Kier molecular flexibility index (Phi) is 9.13. The number of sulfonamides is 1. The van der Waals surface area contributed by atoms with Gasteiger partial charge in [0.2, 0.25) is 0 Å². The van der Waals surface area contributed by atoms with Crippen LogP contribution >= 0.6 is 23.2 Å². The van der Waals surface area contributed by atoms with E-state index in [0.29, 0.717) is 11.8 Å². The molecule has 38 heavy (non-hydrogen) atoms. The van der Waals surface area contributed by atoms with Gasteiger partial charge in [0, 0.05) is 5.69 Å². The largest absolute Gasteiger partial charge is 0.484 e. The SMILES string of the molecule is CCc1ccc(OCC(=O)NNC(=O)c2cc(S(=O)(=O)Nc3cccc(C(F)(F)F)c3)c(Cl)cc2Cl)cc1. The molecule has 0 spiro atoms. The lowest BCUT2D eigenvalue weighted by atomic mass is 10.2. The highest BCUT2D eigenvalue weighted by Crippen LogP contribution is 2.33. The smallest absolute Gasteiger partial charge is 0.416 e. The van der Waals surface area contributed by atoms with E-state index in [4.69, 9.17) is 27.9 Å². The zero-order chi connectivity index (χ0) is 28.1. The molecule has 202 valence electrons. The molecule has 3 aromatic rings. The van der Waals surface area contributed by atoms with E-state index < -0.39 is 50.1 Å². The maximum absolute atomic E-state index is 13.0. The first-order chi connectivity index (χ1) is 17.8. The Morgan fingerprint density at radius 1 is 0.947 bits per heavy atom. The number of hydrogen-bond donors (Lipinski definition) is 3. The van der Waals surface area contributed by atoms with E-state index in [0.717, 1.165) is 42.3 Å². The van der Waals surface area contributed by atoms with Gasteiger partial charge in [-0.1, -0.05) is 48.3 Å². The molecule has 8 nitrogen and oxygen atoms in total. The molecule has 14 heteroatoms. The second-order valence-electron chi connectivity index (χ2n) is 7.74. The molecule has 0 saturated heterocycles. The van der Waals surface area contributed by atoms with Crippen LogP contribution in [0.5, 0.6) is 5.75 Å². The Labute approximate surface area is 226 Å². The van der Waals surface area contributed by atoms with Gasteiger partial charge in [0.05, 0.1) is 21.2 Å². The summed E-state index contributed by atoms with van der Waals surface area (Å²) in [7, 11) is -4.55. The molecule has 0 saturated carbocycles. The van der Waals surface area contributed by atoms with Crippen molar-refractivity contribution in [2.45, 2.75) is 24.4 Å². The second-order valence-corrected chi connectivity index (χ2v) is 10.2. The van der Waals surface area contributed by atoms with Gasteiger partial charge in [0.15, 0.2) is 6.61 Å². The van der Waals surface area contributed by atoms with Crippen molar-refractivity contribution in [2.75, 3.05) is 11.3 Å². The summed E-state index contributed by atoms with van der Waals surface area (Å²) in [6.07, 6.45) is -3.86. The Morgan fingerprint density at radius 2 is 1.63 bits per heavy atom. The number of halogens is 5. The Balaban J connectivity index is 1.70. The summed E-state index contributed by atoms with van der Waals surface area (Å²) in [5.74, 6) is -1.27. The molecular weight excluding hydrogens is 570 g/mol. The third kappa shape index (κ3) is 7.53. The second kappa shape index (κ2) is 11.9. The normalized spacial score (nSPS) is 11.5. The third-order valence-corrected chi connectivity index (χ3v) is 7.17. The van der Waals surface area contributed by atoms with Crippen LogP contribution in [-0.4, -0.2) is 26.8 Å². The summed E-state index contributed by atoms with van der Waals surface area (Å²) in [4.78, 5) is 24.0.